The number of aryl methyl sites for hydroxylation is 2. The van der Waals surface area contributed by atoms with E-state index in [2.05, 4.69) is 5.32 Å². The summed E-state index contributed by atoms with van der Waals surface area (Å²) in [4.78, 5) is 28.5. The summed E-state index contributed by atoms with van der Waals surface area (Å²) in [6, 6.07) is 18.3. The standard InChI is InChI=1S/C31H38FN3O4S/c1-5-7-20-33-31(37)28(6-2)34(21-25-16-12-23(3)13-17-25)30(36)22-35(29-11-9-8-10-27(29)32)40(38,39)26-18-14-24(4)15-19-26/h8-19,28H,5-7,20-22H2,1-4H3,(H,33,37)/t28-/m1/s1. The molecule has 2 amide bonds. The lowest BCUT2D eigenvalue weighted by atomic mass is 10.1. The van der Waals surface area contributed by atoms with Gasteiger partial charge in [-0.1, -0.05) is 79.9 Å². The molecule has 0 aromatic heterocycles. The van der Waals surface area contributed by atoms with E-state index < -0.39 is 34.3 Å². The summed E-state index contributed by atoms with van der Waals surface area (Å²) in [7, 11) is -4.33. The maximum absolute atomic E-state index is 15.0. The molecule has 0 spiro atoms. The van der Waals surface area contributed by atoms with Gasteiger partial charge in [-0.2, -0.15) is 0 Å². The molecular formula is C31H38FN3O4S. The molecule has 40 heavy (non-hydrogen) atoms. The Labute approximate surface area is 237 Å². The zero-order chi connectivity index (χ0) is 29.3. The predicted octanol–water partition coefficient (Wildman–Crippen LogP) is 5.36. The van der Waals surface area contributed by atoms with Gasteiger partial charge in [-0.15, -0.1) is 0 Å². The van der Waals surface area contributed by atoms with Crippen molar-refractivity contribution in [3.63, 3.8) is 0 Å². The van der Waals surface area contributed by atoms with Crippen LogP contribution in [0.15, 0.2) is 77.7 Å². The van der Waals surface area contributed by atoms with Crippen LogP contribution in [0, 0.1) is 19.7 Å². The number of nitrogens with one attached hydrogen (secondary N) is 1. The average Bonchev–Trinajstić information content (AvgIpc) is 2.93. The first-order chi connectivity index (χ1) is 19.1. The number of carbonyl (C=O) groups is 2. The molecular weight excluding hydrogens is 529 g/mol. The van der Waals surface area contributed by atoms with Crippen LogP contribution in [0.5, 0.6) is 0 Å². The lowest BCUT2D eigenvalue weighted by Gasteiger charge is -2.33. The first kappa shape index (κ1) is 30.8. The molecule has 0 unspecified atom stereocenters. The van der Waals surface area contributed by atoms with E-state index in [1.165, 1.54) is 35.2 Å². The van der Waals surface area contributed by atoms with E-state index in [0.717, 1.165) is 39.9 Å². The molecule has 7 nitrogen and oxygen atoms in total. The highest BCUT2D eigenvalue weighted by Crippen LogP contribution is 2.27. The third kappa shape index (κ3) is 7.69. The minimum absolute atomic E-state index is 0.0661. The number of amides is 2. The fraction of sp³-hybridized carbons (Fsp3) is 0.355. The highest BCUT2D eigenvalue weighted by molar-refractivity contribution is 7.92. The summed E-state index contributed by atoms with van der Waals surface area (Å²) in [6.07, 6.45) is 2.02. The van der Waals surface area contributed by atoms with Crippen molar-refractivity contribution < 1.29 is 22.4 Å². The van der Waals surface area contributed by atoms with Crippen molar-refractivity contribution in [3.05, 3.63) is 95.3 Å². The van der Waals surface area contributed by atoms with Gasteiger partial charge in [0.25, 0.3) is 10.0 Å². The van der Waals surface area contributed by atoms with Crippen LogP contribution < -0.4 is 9.62 Å². The maximum atomic E-state index is 15.0. The van der Waals surface area contributed by atoms with Crippen LogP contribution in [-0.2, 0) is 26.2 Å². The van der Waals surface area contributed by atoms with E-state index in [4.69, 9.17) is 0 Å². The van der Waals surface area contributed by atoms with Gasteiger partial charge < -0.3 is 10.2 Å². The maximum Gasteiger partial charge on any atom is 0.264 e. The van der Waals surface area contributed by atoms with Gasteiger partial charge in [0.05, 0.1) is 10.6 Å². The molecule has 3 rings (SSSR count). The molecule has 9 heteroatoms. The second-order valence-electron chi connectivity index (χ2n) is 9.85. The van der Waals surface area contributed by atoms with Crippen molar-refractivity contribution in [1.29, 1.82) is 0 Å². The fourth-order valence-electron chi connectivity index (χ4n) is 4.32. The van der Waals surface area contributed by atoms with Crippen molar-refractivity contribution >= 4 is 27.5 Å². The average molecular weight is 568 g/mol. The molecule has 0 saturated heterocycles. The Hall–Kier alpha value is -3.72. The zero-order valence-electron chi connectivity index (χ0n) is 23.6. The van der Waals surface area contributed by atoms with Crippen molar-refractivity contribution in [3.8, 4) is 0 Å². The molecule has 0 aliphatic heterocycles. The van der Waals surface area contributed by atoms with Gasteiger partial charge in [0, 0.05) is 13.1 Å². The highest BCUT2D eigenvalue weighted by atomic mass is 32.2. The molecule has 1 atom stereocenters. The second kappa shape index (κ2) is 14.1. The Kier molecular flexibility index (Phi) is 10.8. The Bertz CT molecular complexity index is 1390. The molecule has 0 radical (unpaired) electrons. The summed E-state index contributed by atoms with van der Waals surface area (Å²) < 4.78 is 43.4. The number of para-hydroxylation sites is 1. The Morgan fingerprint density at radius 3 is 2.08 bits per heavy atom. The van der Waals surface area contributed by atoms with Crippen LogP contribution in [0.2, 0.25) is 0 Å². The fourth-order valence-corrected chi connectivity index (χ4v) is 5.74. The van der Waals surface area contributed by atoms with E-state index in [-0.39, 0.29) is 23.0 Å². The van der Waals surface area contributed by atoms with Gasteiger partial charge >= 0.3 is 0 Å². The summed E-state index contributed by atoms with van der Waals surface area (Å²) in [5.74, 6) is -1.70. The number of rotatable bonds is 13. The van der Waals surface area contributed by atoms with E-state index in [1.807, 2.05) is 45.0 Å². The van der Waals surface area contributed by atoms with E-state index in [1.54, 1.807) is 19.1 Å². The number of hydrogen-bond acceptors (Lipinski definition) is 4. The van der Waals surface area contributed by atoms with Crippen LogP contribution in [-0.4, -0.2) is 44.3 Å². The molecule has 1 N–H and O–H groups in total. The zero-order valence-corrected chi connectivity index (χ0v) is 24.4. The monoisotopic (exact) mass is 567 g/mol. The lowest BCUT2D eigenvalue weighted by Crippen LogP contribution is -2.52. The molecule has 3 aromatic rings. The third-order valence-electron chi connectivity index (χ3n) is 6.70. The van der Waals surface area contributed by atoms with Crippen LogP contribution in [0.3, 0.4) is 0 Å². The molecule has 0 saturated carbocycles. The lowest BCUT2D eigenvalue weighted by molar-refractivity contribution is -0.140. The molecule has 0 fully saturated rings. The van der Waals surface area contributed by atoms with Crippen molar-refractivity contribution in [2.75, 3.05) is 17.4 Å². The van der Waals surface area contributed by atoms with Gasteiger partial charge in [0.15, 0.2) is 0 Å². The number of sulfonamides is 1. The quantitative estimate of drug-likeness (QED) is 0.282. The first-order valence-corrected chi connectivity index (χ1v) is 15.0. The van der Waals surface area contributed by atoms with Gasteiger partial charge in [-0.25, -0.2) is 12.8 Å². The predicted molar refractivity (Wildman–Crippen MR) is 156 cm³/mol. The molecule has 0 aliphatic rings. The molecule has 0 aliphatic carbocycles. The normalized spacial score (nSPS) is 12.0. The third-order valence-corrected chi connectivity index (χ3v) is 8.47. The van der Waals surface area contributed by atoms with Crippen LogP contribution in [0.25, 0.3) is 0 Å². The summed E-state index contributed by atoms with van der Waals surface area (Å²) in [5.41, 5.74) is 2.45. The summed E-state index contributed by atoms with van der Waals surface area (Å²) in [6.45, 7) is 7.48. The van der Waals surface area contributed by atoms with Gasteiger partial charge in [0.1, 0.15) is 18.4 Å². The smallest absolute Gasteiger partial charge is 0.264 e. The minimum Gasteiger partial charge on any atom is -0.354 e. The van der Waals surface area contributed by atoms with Gasteiger partial charge in [0.2, 0.25) is 11.8 Å². The Morgan fingerprint density at radius 2 is 1.50 bits per heavy atom. The van der Waals surface area contributed by atoms with Crippen molar-refractivity contribution in [2.24, 2.45) is 0 Å². The number of halogens is 1. The molecule has 0 bridgehead atoms. The number of nitrogens with zero attached hydrogens (tertiary/aromatic N) is 2. The van der Waals surface area contributed by atoms with Gasteiger partial charge in [-0.3, -0.25) is 13.9 Å². The van der Waals surface area contributed by atoms with E-state index >= 15 is 4.39 Å². The number of benzene rings is 3. The Morgan fingerprint density at radius 1 is 0.900 bits per heavy atom. The van der Waals surface area contributed by atoms with Crippen LogP contribution in [0.1, 0.15) is 49.8 Å². The second-order valence-corrected chi connectivity index (χ2v) is 11.7. The topological polar surface area (TPSA) is 86.8 Å². The first-order valence-electron chi connectivity index (χ1n) is 13.5. The number of carbonyl (C=O) groups excluding carboxylic acids is 2. The van der Waals surface area contributed by atoms with Crippen LogP contribution >= 0.6 is 0 Å². The van der Waals surface area contributed by atoms with E-state index in [0.29, 0.717) is 13.0 Å². The largest absolute Gasteiger partial charge is 0.354 e. The number of anilines is 1. The SMILES string of the molecule is CCCCNC(=O)[C@@H](CC)N(Cc1ccc(C)cc1)C(=O)CN(c1ccccc1F)S(=O)(=O)c1ccc(C)cc1. The minimum atomic E-state index is -4.33. The Balaban J connectivity index is 2.04. The van der Waals surface area contributed by atoms with Crippen LogP contribution in [0.4, 0.5) is 10.1 Å². The molecule has 3 aromatic carbocycles. The van der Waals surface area contributed by atoms with E-state index in [9.17, 15) is 18.0 Å². The number of unbranched alkanes of at least 4 members (excludes halogenated alkanes) is 1. The number of hydrogen-bond donors (Lipinski definition) is 1. The molecule has 0 heterocycles. The van der Waals surface area contributed by atoms with Crippen molar-refractivity contribution in [1.82, 2.24) is 10.2 Å². The molecule has 214 valence electrons. The van der Waals surface area contributed by atoms with Gasteiger partial charge in [-0.05, 0) is 56.5 Å². The summed E-state index contributed by atoms with van der Waals surface area (Å²) >= 11 is 0. The summed E-state index contributed by atoms with van der Waals surface area (Å²) in [5, 5.41) is 2.90. The van der Waals surface area contributed by atoms with Crippen molar-refractivity contribution in [2.45, 2.75) is 64.4 Å². The highest BCUT2D eigenvalue weighted by Gasteiger charge is 2.34.